The number of nitrogens with zero attached hydrogens (tertiary/aromatic N) is 1. The zero-order chi connectivity index (χ0) is 21.6. The van der Waals surface area contributed by atoms with E-state index in [4.69, 9.17) is 9.47 Å². The Morgan fingerprint density at radius 3 is 2.53 bits per heavy atom. The van der Waals surface area contributed by atoms with E-state index < -0.39 is 10.0 Å². The van der Waals surface area contributed by atoms with Gasteiger partial charge in [0.15, 0.2) is 0 Å². The van der Waals surface area contributed by atoms with Crippen molar-refractivity contribution >= 4 is 15.9 Å². The van der Waals surface area contributed by atoms with E-state index >= 15 is 0 Å². The van der Waals surface area contributed by atoms with E-state index in [1.165, 1.54) is 23.5 Å². The molecular formula is C22H28N2O5S. The highest BCUT2D eigenvalue weighted by atomic mass is 32.2. The topological polar surface area (TPSA) is 84.9 Å². The molecule has 3 rings (SSSR count). The van der Waals surface area contributed by atoms with Crippen LogP contribution in [0.1, 0.15) is 18.4 Å². The molecule has 30 heavy (non-hydrogen) atoms. The average Bonchev–Trinajstić information content (AvgIpc) is 2.79. The Morgan fingerprint density at radius 2 is 1.83 bits per heavy atom. The summed E-state index contributed by atoms with van der Waals surface area (Å²) in [5, 5.41) is 2.95. The van der Waals surface area contributed by atoms with E-state index in [1.54, 1.807) is 19.2 Å². The van der Waals surface area contributed by atoms with Crippen molar-refractivity contribution in [3.63, 3.8) is 0 Å². The first kappa shape index (κ1) is 22.1. The molecule has 1 unspecified atom stereocenters. The summed E-state index contributed by atoms with van der Waals surface area (Å²) in [7, 11) is -0.489. The third kappa shape index (κ3) is 5.12. The first-order chi connectivity index (χ1) is 14.5. The molecule has 2 aromatic rings. The normalized spacial score (nSPS) is 17.3. The highest BCUT2D eigenvalue weighted by Gasteiger charge is 2.33. The standard InChI is InChI=1S/C22H28N2O5S/c1-28-19-9-11-20(12-10-19)30(26,27)24-15-5-7-18(16-24)22(25)23-14-13-17-6-3-4-8-21(17)29-2/h3-4,6,8-12,18H,5,7,13-16H2,1-2H3,(H,23,25). The molecule has 1 N–H and O–H groups in total. The molecule has 0 spiro atoms. The number of amides is 1. The second-order valence-corrected chi connectivity index (χ2v) is 9.17. The Kier molecular flexibility index (Phi) is 7.33. The van der Waals surface area contributed by atoms with Gasteiger partial charge in [-0.3, -0.25) is 4.79 Å². The van der Waals surface area contributed by atoms with Crippen LogP contribution in [0.4, 0.5) is 0 Å². The van der Waals surface area contributed by atoms with Crippen molar-refractivity contribution in [2.24, 2.45) is 5.92 Å². The number of para-hydroxylation sites is 1. The minimum Gasteiger partial charge on any atom is -0.497 e. The number of carbonyl (C=O) groups is 1. The fourth-order valence-corrected chi connectivity index (χ4v) is 5.17. The minimum atomic E-state index is -3.64. The maximum absolute atomic E-state index is 13.0. The lowest BCUT2D eigenvalue weighted by atomic mass is 9.98. The molecule has 0 aromatic heterocycles. The highest BCUT2D eigenvalue weighted by molar-refractivity contribution is 7.89. The molecule has 0 aliphatic carbocycles. The minimum absolute atomic E-state index is 0.112. The van der Waals surface area contributed by atoms with Gasteiger partial charge in [-0.25, -0.2) is 8.42 Å². The fourth-order valence-electron chi connectivity index (χ4n) is 3.65. The van der Waals surface area contributed by atoms with Crippen LogP contribution in [0.2, 0.25) is 0 Å². The van der Waals surface area contributed by atoms with Gasteiger partial charge in [0.1, 0.15) is 11.5 Å². The first-order valence-corrected chi connectivity index (χ1v) is 11.4. The van der Waals surface area contributed by atoms with Crippen LogP contribution in [-0.4, -0.2) is 52.5 Å². The molecule has 1 saturated heterocycles. The number of sulfonamides is 1. The molecule has 1 heterocycles. The number of ether oxygens (including phenoxy) is 2. The first-order valence-electron chi connectivity index (χ1n) is 9.99. The van der Waals surface area contributed by atoms with E-state index in [1.807, 2.05) is 24.3 Å². The Balaban J connectivity index is 1.58. The summed E-state index contributed by atoms with van der Waals surface area (Å²) in [6, 6.07) is 14.0. The van der Waals surface area contributed by atoms with E-state index in [2.05, 4.69) is 5.32 Å². The molecule has 1 amide bonds. The van der Waals surface area contributed by atoms with Gasteiger partial charge in [0, 0.05) is 19.6 Å². The molecule has 0 bridgehead atoms. The van der Waals surface area contributed by atoms with Crippen LogP contribution < -0.4 is 14.8 Å². The molecule has 1 aliphatic rings. The van der Waals surface area contributed by atoms with Gasteiger partial charge in [-0.05, 0) is 55.2 Å². The number of piperidine rings is 1. The quantitative estimate of drug-likeness (QED) is 0.693. The van der Waals surface area contributed by atoms with Crippen molar-refractivity contribution in [2.45, 2.75) is 24.2 Å². The van der Waals surface area contributed by atoms with Crippen molar-refractivity contribution in [1.82, 2.24) is 9.62 Å². The van der Waals surface area contributed by atoms with Crippen molar-refractivity contribution in [3.05, 3.63) is 54.1 Å². The number of rotatable bonds is 8. The molecular weight excluding hydrogens is 404 g/mol. The Labute approximate surface area is 178 Å². The second kappa shape index (κ2) is 9.95. The summed E-state index contributed by atoms with van der Waals surface area (Å²) in [6.07, 6.45) is 1.98. The monoisotopic (exact) mass is 432 g/mol. The van der Waals surface area contributed by atoms with Crippen molar-refractivity contribution in [3.8, 4) is 11.5 Å². The van der Waals surface area contributed by atoms with E-state index in [0.29, 0.717) is 38.1 Å². The van der Waals surface area contributed by atoms with Crippen LogP contribution in [0.15, 0.2) is 53.4 Å². The number of nitrogens with one attached hydrogen (secondary N) is 1. The predicted octanol–water partition coefficient (Wildman–Crippen LogP) is 2.46. The van der Waals surface area contributed by atoms with Gasteiger partial charge in [0.2, 0.25) is 15.9 Å². The zero-order valence-electron chi connectivity index (χ0n) is 17.3. The smallest absolute Gasteiger partial charge is 0.243 e. The van der Waals surface area contributed by atoms with Crippen LogP contribution in [0.5, 0.6) is 11.5 Å². The van der Waals surface area contributed by atoms with Crippen LogP contribution in [0.3, 0.4) is 0 Å². The second-order valence-electron chi connectivity index (χ2n) is 7.23. The number of hydrogen-bond donors (Lipinski definition) is 1. The van der Waals surface area contributed by atoms with Crippen LogP contribution in [0, 0.1) is 5.92 Å². The van der Waals surface area contributed by atoms with Gasteiger partial charge in [-0.2, -0.15) is 4.31 Å². The number of hydrogen-bond acceptors (Lipinski definition) is 5. The van der Waals surface area contributed by atoms with Crippen molar-refractivity contribution < 1.29 is 22.7 Å². The average molecular weight is 433 g/mol. The third-order valence-electron chi connectivity index (χ3n) is 5.34. The summed E-state index contributed by atoms with van der Waals surface area (Å²) in [5.74, 6) is 0.921. The number of methoxy groups -OCH3 is 2. The fraction of sp³-hybridized carbons (Fsp3) is 0.409. The summed E-state index contributed by atoms with van der Waals surface area (Å²) >= 11 is 0. The van der Waals surface area contributed by atoms with Gasteiger partial charge in [0.25, 0.3) is 0 Å². The zero-order valence-corrected chi connectivity index (χ0v) is 18.2. The Morgan fingerprint density at radius 1 is 1.10 bits per heavy atom. The Hall–Kier alpha value is -2.58. The summed E-state index contributed by atoms with van der Waals surface area (Å²) in [4.78, 5) is 12.9. The van der Waals surface area contributed by atoms with Crippen molar-refractivity contribution in [1.29, 1.82) is 0 Å². The van der Waals surface area contributed by atoms with Gasteiger partial charge in [-0.1, -0.05) is 18.2 Å². The Bertz CT molecular complexity index is 960. The summed E-state index contributed by atoms with van der Waals surface area (Å²) < 4.78 is 37.8. The van der Waals surface area contributed by atoms with Crippen molar-refractivity contribution in [2.75, 3.05) is 33.9 Å². The van der Waals surface area contributed by atoms with Crippen LogP contribution in [0.25, 0.3) is 0 Å². The molecule has 1 fully saturated rings. The molecule has 2 aromatic carbocycles. The molecule has 0 saturated carbocycles. The van der Waals surface area contributed by atoms with Crippen LogP contribution in [-0.2, 0) is 21.2 Å². The van der Waals surface area contributed by atoms with Gasteiger partial charge >= 0.3 is 0 Å². The summed E-state index contributed by atoms with van der Waals surface area (Å²) in [6.45, 7) is 1.08. The maximum Gasteiger partial charge on any atom is 0.243 e. The lowest BCUT2D eigenvalue weighted by Crippen LogP contribution is -2.45. The number of carbonyl (C=O) groups excluding carboxylic acids is 1. The predicted molar refractivity (Wildman–Crippen MR) is 114 cm³/mol. The third-order valence-corrected chi connectivity index (χ3v) is 7.22. The lowest BCUT2D eigenvalue weighted by Gasteiger charge is -2.31. The molecule has 1 aliphatic heterocycles. The molecule has 1 atom stereocenters. The lowest BCUT2D eigenvalue weighted by molar-refractivity contribution is -0.126. The maximum atomic E-state index is 13.0. The van der Waals surface area contributed by atoms with Gasteiger partial charge in [0.05, 0.1) is 25.0 Å². The number of benzene rings is 2. The largest absolute Gasteiger partial charge is 0.497 e. The van der Waals surface area contributed by atoms with Crippen LogP contribution >= 0.6 is 0 Å². The van der Waals surface area contributed by atoms with E-state index in [-0.39, 0.29) is 23.3 Å². The molecule has 7 nitrogen and oxygen atoms in total. The molecule has 8 heteroatoms. The van der Waals surface area contributed by atoms with Gasteiger partial charge in [-0.15, -0.1) is 0 Å². The SMILES string of the molecule is COc1ccc(S(=O)(=O)N2CCCC(C(=O)NCCc3ccccc3OC)C2)cc1. The van der Waals surface area contributed by atoms with E-state index in [0.717, 1.165) is 11.3 Å². The summed E-state index contributed by atoms with van der Waals surface area (Å²) in [5.41, 5.74) is 1.02. The molecule has 162 valence electrons. The highest BCUT2D eigenvalue weighted by Crippen LogP contribution is 2.25. The van der Waals surface area contributed by atoms with E-state index in [9.17, 15) is 13.2 Å². The van der Waals surface area contributed by atoms with Gasteiger partial charge < -0.3 is 14.8 Å². The molecule has 0 radical (unpaired) electrons.